The topological polar surface area (TPSA) is 96.0 Å². The Morgan fingerprint density at radius 1 is 1.30 bits per heavy atom. The Hall–Kier alpha value is -2.19. The van der Waals surface area contributed by atoms with Crippen molar-refractivity contribution in [1.29, 1.82) is 0 Å². The first-order chi connectivity index (χ1) is 19.3. The third kappa shape index (κ3) is 6.18. The summed E-state index contributed by atoms with van der Waals surface area (Å²) in [6.45, 7) is 4.21. The molecule has 8 heteroatoms. The highest BCUT2D eigenvalue weighted by molar-refractivity contribution is 7.97. The summed E-state index contributed by atoms with van der Waals surface area (Å²) >= 11 is 7.75. The number of carboxylic acids is 1. The largest absolute Gasteiger partial charge is 0.490 e. The third-order valence-electron chi connectivity index (χ3n) is 9.37. The molecule has 216 valence electrons. The van der Waals surface area contributed by atoms with Gasteiger partial charge in [-0.25, -0.2) is 4.79 Å². The van der Waals surface area contributed by atoms with Crippen molar-refractivity contribution < 1.29 is 19.7 Å². The second-order valence-electron chi connectivity index (χ2n) is 11.9. The van der Waals surface area contributed by atoms with Crippen LogP contribution in [0.25, 0.3) is 0 Å². The molecule has 1 saturated carbocycles. The Morgan fingerprint density at radius 2 is 2.15 bits per heavy atom. The number of nitrogens with two attached hydrogens (primary N) is 1. The zero-order chi connectivity index (χ0) is 28.3. The van der Waals surface area contributed by atoms with Crippen molar-refractivity contribution in [3.8, 4) is 5.75 Å². The lowest BCUT2D eigenvalue weighted by atomic mass is 9.68. The van der Waals surface area contributed by atoms with E-state index in [1.807, 2.05) is 12.1 Å². The van der Waals surface area contributed by atoms with Gasteiger partial charge in [-0.2, -0.15) is 0 Å². The summed E-state index contributed by atoms with van der Waals surface area (Å²) in [5.41, 5.74) is 3.44. The molecule has 1 heterocycles. The fourth-order valence-corrected chi connectivity index (χ4v) is 7.68. The highest BCUT2D eigenvalue weighted by atomic mass is 35.5. The first kappa shape index (κ1) is 29.3. The SMILES string of the molecule is CCC(C/C=C/C(O)C1CCC1CN1CC2(CCCc3cc(Cl)ccc32)COc2ccc(C(=O)O)cc21)CSN. The minimum Gasteiger partial charge on any atom is -0.490 e. The fourth-order valence-electron chi connectivity index (χ4n) is 6.84. The Bertz CT molecular complexity index is 1240. The van der Waals surface area contributed by atoms with Crippen LogP contribution in [0.15, 0.2) is 48.6 Å². The number of carbonyl (C=O) groups is 1. The normalized spacial score (nSPS) is 25.4. The summed E-state index contributed by atoms with van der Waals surface area (Å²) in [6, 6.07) is 11.4. The maximum Gasteiger partial charge on any atom is 0.335 e. The molecule has 40 heavy (non-hydrogen) atoms. The van der Waals surface area contributed by atoms with Gasteiger partial charge in [0.1, 0.15) is 5.75 Å². The second-order valence-corrected chi connectivity index (χ2v) is 13.0. The van der Waals surface area contributed by atoms with Gasteiger partial charge in [-0.3, -0.25) is 5.14 Å². The molecule has 2 aliphatic carbocycles. The number of benzene rings is 2. The number of halogens is 1. The predicted molar refractivity (Wildman–Crippen MR) is 164 cm³/mol. The lowest BCUT2D eigenvalue weighted by Gasteiger charge is -2.45. The van der Waals surface area contributed by atoms with Gasteiger partial charge < -0.3 is 19.8 Å². The van der Waals surface area contributed by atoms with E-state index in [-0.39, 0.29) is 16.9 Å². The highest BCUT2D eigenvalue weighted by Gasteiger charge is 2.44. The predicted octanol–water partition coefficient (Wildman–Crippen LogP) is 6.48. The minimum absolute atomic E-state index is 0.184. The summed E-state index contributed by atoms with van der Waals surface area (Å²) in [4.78, 5) is 14.2. The zero-order valence-corrected chi connectivity index (χ0v) is 24.8. The number of aryl methyl sites for hydroxylation is 1. The lowest BCUT2D eigenvalue weighted by molar-refractivity contribution is 0.0456. The molecule has 0 aromatic heterocycles. The maximum atomic E-state index is 11.9. The summed E-state index contributed by atoms with van der Waals surface area (Å²) in [5.74, 6) is 1.73. The van der Waals surface area contributed by atoms with Gasteiger partial charge in [0.05, 0.1) is 24.0 Å². The minimum atomic E-state index is -0.945. The van der Waals surface area contributed by atoms with Gasteiger partial charge in [0.15, 0.2) is 0 Å². The van der Waals surface area contributed by atoms with E-state index in [1.165, 1.54) is 23.1 Å². The van der Waals surface area contributed by atoms with Gasteiger partial charge in [0, 0.05) is 29.3 Å². The number of aromatic carboxylic acids is 1. The van der Waals surface area contributed by atoms with Crippen molar-refractivity contribution in [3.63, 3.8) is 0 Å². The number of aliphatic hydroxyl groups is 1. The fraction of sp³-hybridized carbons (Fsp3) is 0.531. The average Bonchev–Trinajstić information content (AvgIpc) is 3.07. The molecule has 2 aromatic carbocycles. The second kappa shape index (κ2) is 12.8. The summed E-state index contributed by atoms with van der Waals surface area (Å²) in [7, 11) is 0. The molecule has 0 amide bonds. The van der Waals surface area contributed by atoms with E-state index in [0.717, 1.165) is 80.2 Å². The van der Waals surface area contributed by atoms with E-state index in [0.29, 0.717) is 18.4 Å². The molecule has 0 bridgehead atoms. The summed E-state index contributed by atoms with van der Waals surface area (Å²) in [6.07, 6.45) is 10.7. The molecule has 4 N–H and O–H groups in total. The smallest absolute Gasteiger partial charge is 0.335 e. The molecular formula is C32H41ClN2O4S. The van der Waals surface area contributed by atoms with Crippen LogP contribution in [0.2, 0.25) is 5.02 Å². The molecular weight excluding hydrogens is 544 g/mol. The number of carboxylic acid groups (broad SMARTS) is 1. The average molecular weight is 585 g/mol. The molecule has 1 fully saturated rings. The number of fused-ring (bicyclic) bond motifs is 3. The summed E-state index contributed by atoms with van der Waals surface area (Å²) < 4.78 is 6.47. The van der Waals surface area contributed by atoms with Gasteiger partial charge in [-0.15, -0.1) is 0 Å². The summed E-state index contributed by atoms with van der Waals surface area (Å²) in [5, 5.41) is 27.3. The molecule has 1 aliphatic heterocycles. The Morgan fingerprint density at radius 3 is 2.88 bits per heavy atom. The Kier molecular flexibility index (Phi) is 9.35. The molecule has 5 rings (SSSR count). The molecule has 0 radical (unpaired) electrons. The van der Waals surface area contributed by atoms with Crippen LogP contribution in [0, 0.1) is 17.8 Å². The van der Waals surface area contributed by atoms with Crippen molar-refractivity contribution in [3.05, 3.63) is 70.3 Å². The maximum absolute atomic E-state index is 11.9. The molecule has 2 aromatic rings. The van der Waals surface area contributed by atoms with Crippen molar-refractivity contribution >= 4 is 35.2 Å². The van der Waals surface area contributed by atoms with Crippen LogP contribution in [-0.2, 0) is 11.8 Å². The van der Waals surface area contributed by atoms with Crippen molar-refractivity contribution in [2.45, 2.75) is 63.4 Å². The van der Waals surface area contributed by atoms with Crippen LogP contribution in [0.1, 0.15) is 66.9 Å². The van der Waals surface area contributed by atoms with E-state index < -0.39 is 12.1 Å². The van der Waals surface area contributed by atoms with Crippen molar-refractivity contribution in [1.82, 2.24) is 0 Å². The number of anilines is 1. The zero-order valence-electron chi connectivity index (χ0n) is 23.2. The van der Waals surface area contributed by atoms with Gasteiger partial charge in [-0.1, -0.05) is 55.1 Å². The van der Waals surface area contributed by atoms with E-state index in [2.05, 4.69) is 30.0 Å². The number of hydrogen-bond acceptors (Lipinski definition) is 6. The first-order valence-corrected chi connectivity index (χ1v) is 16.0. The monoisotopic (exact) mass is 584 g/mol. The number of ether oxygens (including phenoxy) is 1. The van der Waals surface area contributed by atoms with Gasteiger partial charge in [0.2, 0.25) is 0 Å². The van der Waals surface area contributed by atoms with Gasteiger partial charge in [-0.05, 0) is 97.7 Å². The van der Waals surface area contributed by atoms with Crippen molar-refractivity contribution in [2.75, 3.05) is 30.3 Å². The Labute approximate surface area is 247 Å². The van der Waals surface area contributed by atoms with E-state index in [9.17, 15) is 15.0 Å². The molecule has 0 saturated heterocycles. The number of nitrogens with zero attached hydrogens (tertiary/aromatic N) is 1. The van der Waals surface area contributed by atoms with Gasteiger partial charge >= 0.3 is 5.97 Å². The van der Waals surface area contributed by atoms with Crippen LogP contribution >= 0.6 is 23.5 Å². The molecule has 6 nitrogen and oxygen atoms in total. The lowest BCUT2D eigenvalue weighted by Crippen LogP contribution is -2.49. The number of allylic oxidation sites excluding steroid dienone is 1. The van der Waals surface area contributed by atoms with E-state index in [4.69, 9.17) is 21.5 Å². The number of aliphatic hydroxyl groups excluding tert-OH is 1. The quantitative estimate of drug-likeness (QED) is 0.217. The van der Waals surface area contributed by atoms with E-state index in [1.54, 1.807) is 18.2 Å². The standard InChI is InChI=1S/C32H41ClN2O4S/c1-2-21(18-40-34)5-3-7-29(36)26-11-8-24(26)17-35-19-32(14-4-6-22-15-25(33)10-12-27(22)32)20-39-30-13-9-23(31(37)38)16-28(30)35/h3,7,9-10,12-13,15-16,21,24,26,29,36H,2,4-6,8,11,14,17-20,34H2,1H3,(H,37,38)/b7-3+. The van der Waals surface area contributed by atoms with Crippen LogP contribution in [0.3, 0.4) is 0 Å². The highest BCUT2D eigenvalue weighted by Crippen LogP contribution is 2.46. The molecule has 3 aliphatic rings. The van der Waals surface area contributed by atoms with Crippen LogP contribution in [-0.4, -0.2) is 47.7 Å². The van der Waals surface area contributed by atoms with Crippen LogP contribution in [0.4, 0.5) is 5.69 Å². The molecule has 1 spiro atoms. The van der Waals surface area contributed by atoms with Crippen LogP contribution < -0.4 is 14.8 Å². The number of rotatable bonds is 10. The van der Waals surface area contributed by atoms with Crippen molar-refractivity contribution in [2.24, 2.45) is 22.9 Å². The Balaban J connectivity index is 1.40. The first-order valence-electron chi connectivity index (χ1n) is 14.5. The molecule has 5 atom stereocenters. The molecule has 5 unspecified atom stereocenters. The van der Waals surface area contributed by atoms with E-state index >= 15 is 0 Å². The number of hydrogen-bond donors (Lipinski definition) is 3. The van der Waals surface area contributed by atoms with Gasteiger partial charge in [0.25, 0.3) is 0 Å². The third-order valence-corrected chi connectivity index (χ3v) is 10.3. The van der Waals surface area contributed by atoms with Crippen LogP contribution in [0.5, 0.6) is 5.75 Å².